The summed E-state index contributed by atoms with van der Waals surface area (Å²) >= 11 is 0. The van der Waals surface area contributed by atoms with Crippen molar-refractivity contribution in [2.45, 2.75) is 18.4 Å². The number of benzene rings is 1. The second-order valence-electron chi connectivity index (χ2n) is 7.28. The third kappa shape index (κ3) is 5.89. The van der Waals surface area contributed by atoms with Crippen molar-refractivity contribution in [1.29, 1.82) is 0 Å². The molecular formula is C20H28N4O4S. The van der Waals surface area contributed by atoms with E-state index in [0.717, 1.165) is 38.3 Å². The molecule has 1 aliphatic rings. The number of likely N-dealkylation sites (N-methyl/N-ethyl adjacent to an activating group) is 1. The van der Waals surface area contributed by atoms with Crippen molar-refractivity contribution < 1.29 is 17.6 Å². The van der Waals surface area contributed by atoms with Gasteiger partial charge < -0.3 is 14.6 Å². The zero-order chi connectivity index (χ0) is 20.9. The zero-order valence-corrected chi connectivity index (χ0v) is 17.7. The number of nitrogens with zero attached hydrogens (tertiary/aromatic N) is 2. The summed E-state index contributed by atoms with van der Waals surface area (Å²) in [5.74, 6) is 0.252. The molecule has 29 heavy (non-hydrogen) atoms. The lowest BCUT2D eigenvalue weighted by Crippen LogP contribution is -2.46. The van der Waals surface area contributed by atoms with E-state index in [0.29, 0.717) is 17.9 Å². The standard InChI is InChI=1S/C20H28N4O4S/c1-16-5-6-18(29(26,27)22-15-17-4-3-13-28-17)14-19(16)20(25)21-7-8-24-11-9-23(2)10-12-24/h3-6,13-14,22H,7-12,15H2,1-2H3,(H,21,25). The van der Waals surface area contributed by atoms with Gasteiger partial charge in [0.2, 0.25) is 10.0 Å². The topological polar surface area (TPSA) is 94.9 Å². The normalized spacial score (nSPS) is 16.1. The minimum Gasteiger partial charge on any atom is -0.468 e. The van der Waals surface area contributed by atoms with Crippen LogP contribution in [0.25, 0.3) is 0 Å². The van der Waals surface area contributed by atoms with Gasteiger partial charge in [-0.1, -0.05) is 6.07 Å². The number of piperazine rings is 1. The van der Waals surface area contributed by atoms with Crippen LogP contribution in [0, 0.1) is 6.92 Å². The highest BCUT2D eigenvalue weighted by molar-refractivity contribution is 7.89. The molecule has 1 saturated heterocycles. The maximum atomic E-state index is 12.6. The molecule has 0 aliphatic carbocycles. The Morgan fingerprint density at radius 1 is 1.17 bits per heavy atom. The minimum atomic E-state index is -3.75. The van der Waals surface area contributed by atoms with Crippen LogP contribution in [0.15, 0.2) is 45.9 Å². The predicted molar refractivity (Wildman–Crippen MR) is 110 cm³/mol. The number of nitrogens with one attached hydrogen (secondary N) is 2. The van der Waals surface area contributed by atoms with Gasteiger partial charge in [-0.25, -0.2) is 13.1 Å². The summed E-state index contributed by atoms with van der Waals surface area (Å²) < 4.78 is 32.8. The number of carbonyl (C=O) groups is 1. The molecule has 0 radical (unpaired) electrons. The highest BCUT2D eigenvalue weighted by atomic mass is 32.2. The van der Waals surface area contributed by atoms with Crippen molar-refractivity contribution in [2.75, 3.05) is 46.3 Å². The smallest absolute Gasteiger partial charge is 0.251 e. The number of carbonyl (C=O) groups excluding carboxylic acids is 1. The molecule has 0 spiro atoms. The third-order valence-electron chi connectivity index (χ3n) is 5.09. The van der Waals surface area contributed by atoms with E-state index in [1.165, 1.54) is 18.4 Å². The van der Waals surface area contributed by atoms with Crippen molar-refractivity contribution in [3.8, 4) is 0 Å². The summed E-state index contributed by atoms with van der Waals surface area (Å²) in [6, 6.07) is 7.96. The van der Waals surface area contributed by atoms with E-state index >= 15 is 0 Å². The lowest BCUT2D eigenvalue weighted by atomic mass is 10.1. The number of furan rings is 1. The summed E-state index contributed by atoms with van der Waals surface area (Å²) in [4.78, 5) is 17.3. The van der Waals surface area contributed by atoms with E-state index in [2.05, 4.69) is 26.9 Å². The Kier molecular flexibility index (Phi) is 7.07. The molecule has 1 aromatic carbocycles. The van der Waals surface area contributed by atoms with Crippen LogP contribution in [0.3, 0.4) is 0 Å². The van der Waals surface area contributed by atoms with E-state index in [9.17, 15) is 13.2 Å². The van der Waals surface area contributed by atoms with E-state index in [-0.39, 0.29) is 17.3 Å². The molecule has 1 fully saturated rings. The van der Waals surface area contributed by atoms with Gasteiger partial charge in [-0.15, -0.1) is 0 Å². The summed E-state index contributed by atoms with van der Waals surface area (Å²) in [5.41, 5.74) is 1.09. The molecule has 3 rings (SSSR count). The maximum Gasteiger partial charge on any atom is 0.251 e. The fourth-order valence-electron chi connectivity index (χ4n) is 3.17. The van der Waals surface area contributed by atoms with Crippen LogP contribution in [0.1, 0.15) is 21.7 Å². The highest BCUT2D eigenvalue weighted by Gasteiger charge is 2.19. The Labute approximate surface area is 171 Å². The van der Waals surface area contributed by atoms with Crippen molar-refractivity contribution in [3.63, 3.8) is 0 Å². The minimum absolute atomic E-state index is 0.0514. The molecule has 0 atom stereocenters. The van der Waals surface area contributed by atoms with Gasteiger partial charge in [-0.2, -0.15) is 0 Å². The number of amides is 1. The number of hydrogen-bond donors (Lipinski definition) is 2. The van der Waals surface area contributed by atoms with Crippen molar-refractivity contribution in [1.82, 2.24) is 19.8 Å². The number of sulfonamides is 1. The van der Waals surface area contributed by atoms with Crippen LogP contribution < -0.4 is 10.0 Å². The van der Waals surface area contributed by atoms with Gasteiger partial charge in [0.05, 0.1) is 17.7 Å². The molecule has 2 heterocycles. The molecule has 158 valence electrons. The molecule has 1 aliphatic heterocycles. The summed E-state index contributed by atoms with van der Waals surface area (Å²) in [6.45, 7) is 7.17. The average molecular weight is 421 g/mol. The van der Waals surface area contributed by atoms with Crippen molar-refractivity contribution in [2.24, 2.45) is 0 Å². The van der Waals surface area contributed by atoms with Crippen LogP contribution in [0.4, 0.5) is 0 Å². The number of aryl methyl sites for hydroxylation is 1. The number of rotatable bonds is 8. The fraction of sp³-hybridized carbons (Fsp3) is 0.450. The van der Waals surface area contributed by atoms with Crippen LogP contribution in [0.2, 0.25) is 0 Å². The van der Waals surface area contributed by atoms with Gasteiger partial charge >= 0.3 is 0 Å². The predicted octanol–water partition coefficient (Wildman–Crippen LogP) is 1.04. The lowest BCUT2D eigenvalue weighted by molar-refractivity contribution is 0.0940. The fourth-order valence-corrected chi connectivity index (χ4v) is 4.19. The Hall–Kier alpha value is -2.20. The lowest BCUT2D eigenvalue weighted by Gasteiger charge is -2.32. The van der Waals surface area contributed by atoms with E-state index in [1.54, 1.807) is 25.1 Å². The van der Waals surface area contributed by atoms with Gasteiger partial charge in [0.25, 0.3) is 5.91 Å². The molecule has 1 amide bonds. The van der Waals surface area contributed by atoms with Gasteiger partial charge in [-0.05, 0) is 43.8 Å². The molecule has 0 bridgehead atoms. The quantitative estimate of drug-likeness (QED) is 0.663. The van der Waals surface area contributed by atoms with E-state index in [4.69, 9.17) is 4.42 Å². The van der Waals surface area contributed by atoms with Crippen LogP contribution >= 0.6 is 0 Å². The van der Waals surface area contributed by atoms with Gasteiger partial charge in [-0.3, -0.25) is 9.69 Å². The zero-order valence-electron chi connectivity index (χ0n) is 16.8. The monoisotopic (exact) mass is 420 g/mol. The molecule has 0 saturated carbocycles. The molecule has 0 unspecified atom stereocenters. The molecule has 8 nitrogen and oxygen atoms in total. The van der Waals surface area contributed by atoms with Gasteiger partial charge in [0.1, 0.15) is 5.76 Å². The van der Waals surface area contributed by atoms with E-state index in [1.807, 2.05) is 0 Å². The third-order valence-corrected chi connectivity index (χ3v) is 6.49. The van der Waals surface area contributed by atoms with Crippen LogP contribution in [-0.2, 0) is 16.6 Å². The summed E-state index contributed by atoms with van der Waals surface area (Å²) in [7, 11) is -1.65. The van der Waals surface area contributed by atoms with Crippen molar-refractivity contribution >= 4 is 15.9 Å². The van der Waals surface area contributed by atoms with E-state index < -0.39 is 10.0 Å². The Balaban J connectivity index is 1.59. The first kappa shape index (κ1) is 21.5. The Bertz CT molecular complexity index is 920. The first-order valence-electron chi connectivity index (χ1n) is 9.67. The first-order chi connectivity index (χ1) is 13.8. The van der Waals surface area contributed by atoms with Gasteiger partial charge in [0.15, 0.2) is 0 Å². The van der Waals surface area contributed by atoms with Crippen molar-refractivity contribution in [3.05, 3.63) is 53.5 Å². The van der Waals surface area contributed by atoms with Crippen LogP contribution in [0.5, 0.6) is 0 Å². The molecule has 9 heteroatoms. The highest BCUT2D eigenvalue weighted by Crippen LogP contribution is 2.16. The second-order valence-corrected chi connectivity index (χ2v) is 9.05. The second kappa shape index (κ2) is 9.53. The molecule has 2 aromatic rings. The summed E-state index contributed by atoms with van der Waals surface area (Å²) in [6.07, 6.45) is 1.49. The summed E-state index contributed by atoms with van der Waals surface area (Å²) in [5, 5.41) is 2.91. The molecule has 2 N–H and O–H groups in total. The Morgan fingerprint density at radius 3 is 2.62 bits per heavy atom. The first-order valence-corrected chi connectivity index (χ1v) is 11.2. The van der Waals surface area contributed by atoms with Crippen LogP contribution in [-0.4, -0.2) is 70.4 Å². The SMILES string of the molecule is Cc1ccc(S(=O)(=O)NCc2ccco2)cc1C(=O)NCCN1CCN(C)CC1. The Morgan fingerprint density at radius 2 is 1.93 bits per heavy atom. The molecular weight excluding hydrogens is 392 g/mol. The molecule has 1 aromatic heterocycles. The maximum absolute atomic E-state index is 12.6. The largest absolute Gasteiger partial charge is 0.468 e. The number of hydrogen-bond acceptors (Lipinski definition) is 6. The van der Waals surface area contributed by atoms with Gasteiger partial charge in [0, 0.05) is 44.8 Å². The average Bonchev–Trinajstić information content (AvgIpc) is 3.22.